The van der Waals surface area contributed by atoms with Crippen LogP contribution in [0, 0.1) is 11.3 Å². The molecule has 0 radical (unpaired) electrons. The average Bonchev–Trinajstić information content (AvgIpc) is 3.33. The molecular weight excluding hydrogens is 568 g/mol. The van der Waals surface area contributed by atoms with Gasteiger partial charge >= 0.3 is 0 Å². The van der Waals surface area contributed by atoms with Crippen molar-refractivity contribution in [1.82, 2.24) is 10.2 Å². The zero-order valence-electron chi connectivity index (χ0n) is 22.1. The lowest BCUT2D eigenvalue weighted by Gasteiger charge is -2.19. The fourth-order valence-electron chi connectivity index (χ4n) is 3.36. The van der Waals surface area contributed by atoms with Gasteiger partial charge in [-0.15, -0.1) is 10.2 Å². The standard InChI is InChI=1S/C28H31BrN4O4S/c1-6-24-32-33-27(38-24)31-26(34)19(17-30)14-18-15-22(29)25(23(16-18)35-7-2)37-13-12-36-21-10-8-20(9-11-21)28(3,4)5/h8-11,14-16H,6-7,12-13H2,1-5H3,(H,31,33,34)/b19-14-. The van der Waals surface area contributed by atoms with E-state index in [0.717, 1.165) is 10.8 Å². The number of amides is 1. The minimum Gasteiger partial charge on any atom is -0.490 e. The Bertz CT molecular complexity index is 1320. The number of nitriles is 1. The van der Waals surface area contributed by atoms with Crippen molar-refractivity contribution in [2.24, 2.45) is 0 Å². The first-order valence-corrected chi connectivity index (χ1v) is 13.8. The molecule has 1 N–H and O–H groups in total. The van der Waals surface area contributed by atoms with Crippen LogP contribution in [0.1, 0.15) is 50.8 Å². The SMILES string of the molecule is CCOc1cc(/C=C(/C#N)C(=O)Nc2nnc(CC)s2)cc(Br)c1OCCOc1ccc(C(C)(C)C)cc1. The summed E-state index contributed by atoms with van der Waals surface area (Å²) in [6.07, 6.45) is 2.20. The third-order valence-corrected chi connectivity index (χ3v) is 6.89. The molecule has 3 aromatic rings. The number of nitrogens with zero attached hydrogens (tertiary/aromatic N) is 3. The summed E-state index contributed by atoms with van der Waals surface area (Å²) in [6.45, 7) is 11.4. The molecule has 0 atom stereocenters. The molecule has 0 aliphatic carbocycles. The van der Waals surface area contributed by atoms with Gasteiger partial charge in [-0.25, -0.2) is 0 Å². The molecule has 3 rings (SSSR count). The predicted octanol–water partition coefficient (Wildman–Crippen LogP) is 6.56. The van der Waals surface area contributed by atoms with E-state index in [2.05, 4.69) is 64.3 Å². The Hall–Kier alpha value is -3.42. The number of carbonyl (C=O) groups excluding carboxylic acids is 1. The van der Waals surface area contributed by atoms with Crippen molar-refractivity contribution < 1.29 is 19.0 Å². The Labute approximate surface area is 235 Å². The van der Waals surface area contributed by atoms with Crippen molar-refractivity contribution in [2.75, 3.05) is 25.1 Å². The van der Waals surface area contributed by atoms with Gasteiger partial charge in [0.1, 0.15) is 35.6 Å². The van der Waals surface area contributed by atoms with Gasteiger partial charge in [-0.1, -0.05) is 51.2 Å². The van der Waals surface area contributed by atoms with Crippen molar-refractivity contribution in [1.29, 1.82) is 5.26 Å². The smallest absolute Gasteiger partial charge is 0.268 e. The lowest BCUT2D eigenvalue weighted by Crippen LogP contribution is -2.13. The van der Waals surface area contributed by atoms with E-state index < -0.39 is 5.91 Å². The molecule has 0 fully saturated rings. The van der Waals surface area contributed by atoms with E-state index >= 15 is 0 Å². The highest BCUT2D eigenvalue weighted by atomic mass is 79.9. The van der Waals surface area contributed by atoms with Crippen LogP contribution in [0.15, 0.2) is 46.4 Å². The van der Waals surface area contributed by atoms with Crippen LogP contribution < -0.4 is 19.5 Å². The minimum atomic E-state index is -0.562. The van der Waals surface area contributed by atoms with Crippen LogP contribution >= 0.6 is 27.3 Å². The largest absolute Gasteiger partial charge is 0.490 e. The average molecular weight is 600 g/mol. The summed E-state index contributed by atoms with van der Waals surface area (Å²) in [5, 5.41) is 21.3. The van der Waals surface area contributed by atoms with Crippen LogP contribution in [0.3, 0.4) is 0 Å². The first kappa shape index (κ1) is 29.1. The van der Waals surface area contributed by atoms with E-state index in [-0.39, 0.29) is 11.0 Å². The molecule has 0 unspecified atom stereocenters. The molecule has 0 saturated heterocycles. The fourth-order valence-corrected chi connectivity index (χ4v) is 4.60. The summed E-state index contributed by atoms with van der Waals surface area (Å²) in [5.41, 5.74) is 1.84. The van der Waals surface area contributed by atoms with Gasteiger partial charge in [-0.3, -0.25) is 10.1 Å². The fraction of sp³-hybridized carbons (Fsp3) is 0.357. The van der Waals surface area contributed by atoms with Gasteiger partial charge in [-0.05, 0) is 76.2 Å². The highest BCUT2D eigenvalue weighted by Crippen LogP contribution is 2.37. The Morgan fingerprint density at radius 1 is 1.11 bits per heavy atom. The van der Waals surface area contributed by atoms with E-state index in [1.165, 1.54) is 23.0 Å². The molecule has 0 aliphatic heterocycles. The Morgan fingerprint density at radius 3 is 2.42 bits per heavy atom. The summed E-state index contributed by atoms with van der Waals surface area (Å²) in [5.74, 6) is 1.21. The summed E-state index contributed by atoms with van der Waals surface area (Å²) < 4.78 is 18.2. The molecule has 10 heteroatoms. The van der Waals surface area contributed by atoms with Crippen LogP contribution in [0.25, 0.3) is 6.08 Å². The molecule has 2 aromatic carbocycles. The second-order valence-electron chi connectivity index (χ2n) is 9.21. The van der Waals surface area contributed by atoms with E-state index in [4.69, 9.17) is 14.2 Å². The number of anilines is 1. The molecule has 1 aromatic heterocycles. The molecule has 1 amide bonds. The van der Waals surface area contributed by atoms with Crippen LogP contribution in [0.5, 0.6) is 17.2 Å². The molecule has 200 valence electrons. The normalized spacial score (nSPS) is 11.6. The molecule has 0 spiro atoms. The van der Waals surface area contributed by atoms with Crippen molar-refractivity contribution in [3.8, 4) is 23.3 Å². The molecular formula is C28H31BrN4O4S. The number of carbonyl (C=O) groups is 1. The second-order valence-corrected chi connectivity index (χ2v) is 11.1. The number of hydrogen-bond donors (Lipinski definition) is 1. The topological polar surface area (TPSA) is 106 Å². The van der Waals surface area contributed by atoms with Gasteiger partial charge in [0, 0.05) is 0 Å². The van der Waals surface area contributed by atoms with Gasteiger partial charge in [0.15, 0.2) is 11.5 Å². The first-order valence-electron chi connectivity index (χ1n) is 12.2. The number of aromatic nitrogens is 2. The van der Waals surface area contributed by atoms with Crippen LogP contribution in [0.4, 0.5) is 5.13 Å². The monoisotopic (exact) mass is 598 g/mol. The maximum absolute atomic E-state index is 12.6. The van der Waals surface area contributed by atoms with Gasteiger partial charge in [0.2, 0.25) is 5.13 Å². The van der Waals surface area contributed by atoms with Crippen molar-refractivity contribution >= 4 is 44.4 Å². The lowest BCUT2D eigenvalue weighted by molar-refractivity contribution is -0.112. The summed E-state index contributed by atoms with van der Waals surface area (Å²) in [6, 6.07) is 13.5. The highest BCUT2D eigenvalue weighted by molar-refractivity contribution is 9.10. The van der Waals surface area contributed by atoms with Crippen LogP contribution in [-0.2, 0) is 16.6 Å². The maximum Gasteiger partial charge on any atom is 0.268 e. The van der Waals surface area contributed by atoms with Crippen molar-refractivity contribution in [3.63, 3.8) is 0 Å². The number of rotatable bonds is 11. The number of aryl methyl sites for hydroxylation is 1. The quantitative estimate of drug-likeness (QED) is 0.151. The summed E-state index contributed by atoms with van der Waals surface area (Å²) in [7, 11) is 0. The molecule has 1 heterocycles. The van der Waals surface area contributed by atoms with Crippen LogP contribution in [0.2, 0.25) is 0 Å². The summed E-state index contributed by atoms with van der Waals surface area (Å²) in [4.78, 5) is 12.6. The van der Waals surface area contributed by atoms with Gasteiger partial charge < -0.3 is 14.2 Å². The number of ether oxygens (including phenoxy) is 3. The Kier molecular flexibility index (Phi) is 10.3. The highest BCUT2D eigenvalue weighted by Gasteiger charge is 2.16. The lowest BCUT2D eigenvalue weighted by atomic mass is 9.87. The first-order chi connectivity index (χ1) is 18.1. The van der Waals surface area contributed by atoms with Crippen LogP contribution in [-0.4, -0.2) is 35.9 Å². The molecule has 38 heavy (non-hydrogen) atoms. The Morgan fingerprint density at radius 2 is 1.82 bits per heavy atom. The van der Waals surface area contributed by atoms with Gasteiger partial charge in [0.25, 0.3) is 5.91 Å². The predicted molar refractivity (Wildman–Crippen MR) is 153 cm³/mol. The number of hydrogen-bond acceptors (Lipinski definition) is 8. The number of nitrogens with one attached hydrogen (secondary N) is 1. The molecule has 0 aliphatic rings. The second kappa shape index (κ2) is 13.4. The van der Waals surface area contributed by atoms with Crippen molar-refractivity contribution in [3.05, 3.63) is 62.6 Å². The molecule has 8 nitrogen and oxygen atoms in total. The summed E-state index contributed by atoms with van der Waals surface area (Å²) >= 11 is 4.80. The van der Waals surface area contributed by atoms with Gasteiger partial charge in [0.05, 0.1) is 11.1 Å². The third kappa shape index (κ3) is 8.04. The number of benzene rings is 2. The third-order valence-electron chi connectivity index (χ3n) is 5.32. The van der Waals surface area contributed by atoms with E-state index in [1.807, 2.05) is 32.0 Å². The molecule has 0 saturated carbocycles. The maximum atomic E-state index is 12.6. The Balaban J connectivity index is 1.68. The van der Waals surface area contributed by atoms with Gasteiger partial charge in [-0.2, -0.15) is 5.26 Å². The van der Waals surface area contributed by atoms with Crippen molar-refractivity contribution in [2.45, 2.75) is 46.5 Å². The van der Waals surface area contributed by atoms with E-state index in [1.54, 1.807) is 12.1 Å². The molecule has 0 bridgehead atoms. The zero-order valence-corrected chi connectivity index (χ0v) is 24.5. The zero-order chi connectivity index (χ0) is 27.7. The van der Waals surface area contributed by atoms with E-state index in [9.17, 15) is 10.1 Å². The number of halogens is 1. The minimum absolute atomic E-state index is 0.0767. The van der Waals surface area contributed by atoms with E-state index in [0.29, 0.717) is 52.9 Å².